The summed E-state index contributed by atoms with van der Waals surface area (Å²) >= 11 is 0. The molecule has 0 aliphatic heterocycles. The summed E-state index contributed by atoms with van der Waals surface area (Å²) in [6.45, 7) is 3.56. The maximum atomic E-state index is 9.03. The molecule has 80 valence electrons. The Labute approximate surface area is 84.9 Å². The lowest BCUT2D eigenvalue weighted by Gasteiger charge is -2.04. The minimum atomic E-state index is -0.188. The minimum Gasteiger partial charge on any atom is -0.393 e. The summed E-state index contributed by atoms with van der Waals surface area (Å²) in [5.41, 5.74) is 1.06. The molecule has 0 aliphatic carbocycles. The number of hydrogen-bond donors (Lipinski definition) is 2. The van der Waals surface area contributed by atoms with E-state index < -0.39 is 0 Å². The van der Waals surface area contributed by atoms with Gasteiger partial charge in [-0.1, -0.05) is 0 Å². The lowest BCUT2D eigenvalue weighted by atomic mass is 10.2. The molecular weight excluding hydrogens is 178 g/mol. The summed E-state index contributed by atoms with van der Waals surface area (Å²) in [4.78, 5) is 0. The van der Waals surface area contributed by atoms with Crippen LogP contribution in [-0.4, -0.2) is 27.5 Å². The van der Waals surface area contributed by atoms with Gasteiger partial charge < -0.3 is 10.4 Å². The first-order valence-corrected chi connectivity index (χ1v) is 5.06. The minimum absolute atomic E-state index is 0.188. The number of aromatic nitrogens is 2. The van der Waals surface area contributed by atoms with Crippen molar-refractivity contribution in [3.63, 3.8) is 0 Å². The van der Waals surface area contributed by atoms with E-state index >= 15 is 0 Å². The summed E-state index contributed by atoms with van der Waals surface area (Å²) in [5.74, 6) is 0. The Balaban J connectivity index is 2.04. The van der Waals surface area contributed by atoms with E-state index in [1.54, 1.807) is 4.68 Å². The number of nitrogens with zero attached hydrogens (tertiary/aromatic N) is 2. The van der Waals surface area contributed by atoms with Gasteiger partial charge >= 0.3 is 0 Å². The Morgan fingerprint density at radius 1 is 1.64 bits per heavy atom. The van der Waals surface area contributed by atoms with Crippen LogP contribution >= 0.6 is 0 Å². The van der Waals surface area contributed by atoms with Gasteiger partial charge in [0.2, 0.25) is 0 Å². The van der Waals surface area contributed by atoms with Crippen LogP contribution < -0.4 is 5.32 Å². The number of aliphatic hydroxyl groups is 1. The van der Waals surface area contributed by atoms with Gasteiger partial charge in [0.25, 0.3) is 0 Å². The van der Waals surface area contributed by atoms with Gasteiger partial charge in [-0.25, -0.2) is 0 Å². The van der Waals surface area contributed by atoms with Crippen LogP contribution in [0.3, 0.4) is 0 Å². The quantitative estimate of drug-likeness (QED) is 0.659. The second-order valence-electron chi connectivity index (χ2n) is 3.65. The largest absolute Gasteiger partial charge is 0.393 e. The molecule has 0 fully saturated rings. The molecule has 4 heteroatoms. The maximum Gasteiger partial charge on any atom is 0.0762 e. The Kier molecular flexibility index (Phi) is 4.62. The zero-order valence-corrected chi connectivity index (χ0v) is 8.90. The normalized spacial score (nSPS) is 13.1. The molecule has 1 rings (SSSR count). The molecule has 0 spiro atoms. The Morgan fingerprint density at radius 3 is 3.00 bits per heavy atom. The van der Waals surface area contributed by atoms with Gasteiger partial charge in [-0.2, -0.15) is 5.10 Å². The van der Waals surface area contributed by atoms with Gasteiger partial charge in [-0.05, 0) is 32.4 Å². The third-order valence-electron chi connectivity index (χ3n) is 2.05. The molecule has 2 N–H and O–H groups in total. The zero-order valence-electron chi connectivity index (χ0n) is 8.90. The van der Waals surface area contributed by atoms with Gasteiger partial charge in [-0.3, -0.25) is 4.68 Å². The Bertz CT molecular complexity index is 258. The van der Waals surface area contributed by atoms with Crippen molar-refractivity contribution >= 4 is 0 Å². The predicted octanol–water partition coefficient (Wildman–Crippen LogP) is 0.671. The second kappa shape index (κ2) is 5.78. The predicted molar refractivity (Wildman–Crippen MR) is 55.8 cm³/mol. The number of rotatable bonds is 6. The lowest BCUT2D eigenvalue weighted by Crippen LogP contribution is -2.16. The van der Waals surface area contributed by atoms with Gasteiger partial charge in [0.15, 0.2) is 0 Å². The third kappa shape index (κ3) is 4.39. The molecule has 0 amide bonds. The average Bonchev–Trinajstić information content (AvgIpc) is 2.50. The maximum absolute atomic E-state index is 9.03. The Morgan fingerprint density at radius 2 is 2.43 bits per heavy atom. The van der Waals surface area contributed by atoms with Crippen LogP contribution in [0.5, 0.6) is 0 Å². The van der Waals surface area contributed by atoms with Crippen LogP contribution in [0.4, 0.5) is 0 Å². The summed E-state index contributed by atoms with van der Waals surface area (Å²) in [7, 11) is 1.91. The van der Waals surface area contributed by atoms with E-state index in [0.717, 1.165) is 31.6 Å². The molecule has 1 atom stereocenters. The van der Waals surface area contributed by atoms with E-state index in [4.69, 9.17) is 5.11 Å². The van der Waals surface area contributed by atoms with Crippen molar-refractivity contribution in [2.75, 3.05) is 6.54 Å². The number of aryl methyl sites for hydroxylation is 1. The van der Waals surface area contributed by atoms with E-state index in [1.165, 1.54) is 0 Å². The molecule has 0 aliphatic rings. The fourth-order valence-corrected chi connectivity index (χ4v) is 1.30. The highest BCUT2D eigenvalue weighted by Crippen LogP contribution is 1.95. The van der Waals surface area contributed by atoms with E-state index in [-0.39, 0.29) is 6.10 Å². The number of nitrogens with one attached hydrogen (secondary N) is 1. The average molecular weight is 197 g/mol. The SMILES string of the molecule is CC(O)CCCNCc1ccn(C)n1. The molecule has 0 saturated heterocycles. The summed E-state index contributed by atoms with van der Waals surface area (Å²) in [5, 5.41) is 16.6. The molecule has 1 aromatic rings. The van der Waals surface area contributed by atoms with Crippen molar-refractivity contribution < 1.29 is 5.11 Å². The van der Waals surface area contributed by atoms with Crippen LogP contribution in [0, 0.1) is 0 Å². The highest BCUT2D eigenvalue weighted by molar-refractivity contribution is 4.97. The standard InChI is InChI=1S/C10H19N3O/c1-9(14)4-3-6-11-8-10-5-7-13(2)12-10/h5,7,9,11,14H,3-4,6,8H2,1-2H3. The highest BCUT2D eigenvalue weighted by atomic mass is 16.3. The lowest BCUT2D eigenvalue weighted by molar-refractivity contribution is 0.181. The number of aliphatic hydroxyl groups excluding tert-OH is 1. The van der Waals surface area contributed by atoms with Crippen molar-refractivity contribution in [3.05, 3.63) is 18.0 Å². The van der Waals surface area contributed by atoms with E-state index in [1.807, 2.05) is 26.2 Å². The molecular formula is C10H19N3O. The molecule has 4 nitrogen and oxygen atoms in total. The van der Waals surface area contributed by atoms with Crippen LogP contribution in [0.2, 0.25) is 0 Å². The first kappa shape index (κ1) is 11.2. The summed E-state index contributed by atoms with van der Waals surface area (Å²) < 4.78 is 1.80. The molecule has 0 saturated carbocycles. The molecule has 0 radical (unpaired) electrons. The van der Waals surface area contributed by atoms with Crippen molar-refractivity contribution in [1.82, 2.24) is 15.1 Å². The monoisotopic (exact) mass is 197 g/mol. The van der Waals surface area contributed by atoms with Crippen molar-refractivity contribution in [2.45, 2.75) is 32.4 Å². The third-order valence-corrected chi connectivity index (χ3v) is 2.05. The number of hydrogen-bond acceptors (Lipinski definition) is 3. The molecule has 1 unspecified atom stereocenters. The van der Waals surface area contributed by atoms with Crippen LogP contribution in [0.25, 0.3) is 0 Å². The summed E-state index contributed by atoms with van der Waals surface area (Å²) in [6, 6.07) is 2.00. The van der Waals surface area contributed by atoms with Crippen LogP contribution in [0.1, 0.15) is 25.5 Å². The fourth-order valence-electron chi connectivity index (χ4n) is 1.30. The van der Waals surface area contributed by atoms with E-state index in [2.05, 4.69) is 10.4 Å². The van der Waals surface area contributed by atoms with Crippen molar-refractivity contribution in [1.29, 1.82) is 0 Å². The summed E-state index contributed by atoms with van der Waals surface area (Å²) in [6.07, 6.45) is 3.61. The molecule has 1 heterocycles. The van der Waals surface area contributed by atoms with E-state index in [9.17, 15) is 0 Å². The van der Waals surface area contributed by atoms with Crippen molar-refractivity contribution in [2.24, 2.45) is 7.05 Å². The van der Waals surface area contributed by atoms with Crippen molar-refractivity contribution in [3.8, 4) is 0 Å². The topological polar surface area (TPSA) is 50.1 Å². The fraction of sp³-hybridized carbons (Fsp3) is 0.700. The van der Waals surface area contributed by atoms with E-state index in [0.29, 0.717) is 0 Å². The first-order valence-electron chi connectivity index (χ1n) is 5.06. The van der Waals surface area contributed by atoms with Gasteiger partial charge in [0.1, 0.15) is 0 Å². The van der Waals surface area contributed by atoms with Crippen LogP contribution in [-0.2, 0) is 13.6 Å². The zero-order chi connectivity index (χ0) is 10.4. The Hall–Kier alpha value is -0.870. The molecule has 0 aromatic carbocycles. The highest BCUT2D eigenvalue weighted by Gasteiger charge is 1.97. The second-order valence-corrected chi connectivity index (χ2v) is 3.65. The molecule has 0 bridgehead atoms. The smallest absolute Gasteiger partial charge is 0.0762 e. The molecule has 14 heavy (non-hydrogen) atoms. The van der Waals surface area contributed by atoms with Gasteiger partial charge in [0.05, 0.1) is 11.8 Å². The van der Waals surface area contributed by atoms with Gasteiger partial charge in [0, 0.05) is 19.8 Å². The molecule has 1 aromatic heterocycles. The van der Waals surface area contributed by atoms with Gasteiger partial charge in [-0.15, -0.1) is 0 Å². The van der Waals surface area contributed by atoms with Crippen LogP contribution in [0.15, 0.2) is 12.3 Å². The first-order chi connectivity index (χ1) is 6.68.